The van der Waals surface area contributed by atoms with Crippen LogP contribution in [0.25, 0.3) is 11.0 Å². The van der Waals surface area contributed by atoms with Crippen LogP contribution in [0.5, 0.6) is 0 Å². The number of benzene rings is 1. The molecule has 0 aliphatic carbocycles. The van der Waals surface area contributed by atoms with Gasteiger partial charge in [-0.2, -0.15) is 8.75 Å². The van der Waals surface area contributed by atoms with Gasteiger partial charge >= 0.3 is 0 Å². The largest absolute Gasteiger partial charge is 0.173 e. The first-order valence-electron chi connectivity index (χ1n) is 6.36. The highest BCUT2D eigenvalue weighted by Crippen LogP contribution is 2.29. The summed E-state index contributed by atoms with van der Waals surface area (Å²) in [6.45, 7) is 12.8. The molecular formula is C14H22N2S. The van der Waals surface area contributed by atoms with Crippen molar-refractivity contribution in [3.8, 4) is 0 Å². The van der Waals surface area contributed by atoms with Crippen molar-refractivity contribution >= 4 is 22.8 Å². The van der Waals surface area contributed by atoms with Crippen LogP contribution < -0.4 is 0 Å². The Bertz CT molecular complexity index is 430. The molecule has 0 aliphatic heterocycles. The molecule has 0 saturated carbocycles. The van der Waals surface area contributed by atoms with Gasteiger partial charge in [-0.05, 0) is 23.0 Å². The van der Waals surface area contributed by atoms with Crippen molar-refractivity contribution in [2.24, 2.45) is 0 Å². The van der Waals surface area contributed by atoms with Crippen molar-refractivity contribution in [2.45, 2.75) is 53.4 Å². The maximum absolute atomic E-state index is 4.41. The van der Waals surface area contributed by atoms with Crippen LogP contribution in [0.1, 0.15) is 64.5 Å². The van der Waals surface area contributed by atoms with Crippen LogP contribution in [0, 0.1) is 0 Å². The Kier molecular flexibility index (Phi) is 5.06. The molecule has 17 heavy (non-hydrogen) atoms. The fourth-order valence-corrected chi connectivity index (χ4v) is 2.42. The molecular weight excluding hydrogens is 228 g/mol. The molecule has 0 amide bonds. The zero-order chi connectivity index (χ0) is 13.0. The SMILES string of the molecule is CC.CC(C)c1ccc(C(C)C)c2nsnc12. The molecule has 94 valence electrons. The van der Waals surface area contributed by atoms with Gasteiger partial charge in [0.05, 0.1) is 11.7 Å². The van der Waals surface area contributed by atoms with E-state index in [-0.39, 0.29) is 0 Å². The first-order chi connectivity index (χ1) is 8.11. The molecule has 2 rings (SSSR count). The molecule has 1 aromatic carbocycles. The highest BCUT2D eigenvalue weighted by molar-refractivity contribution is 7.00. The van der Waals surface area contributed by atoms with E-state index in [2.05, 4.69) is 48.6 Å². The Morgan fingerprint density at radius 3 is 1.47 bits per heavy atom. The second-order valence-corrected chi connectivity index (χ2v) is 5.04. The highest BCUT2D eigenvalue weighted by atomic mass is 32.1. The topological polar surface area (TPSA) is 25.8 Å². The number of nitrogens with zero attached hydrogens (tertiary/aromatic N) is 2. The van der Waals surface area contributed by atoms with E-state index in [1.54, 1.807) is 0 Å². The molecule has 3 heteroatoms. The van der Waals surface area contributed by atoms with Gasteiger partial charge in [-0.3, -0.25) is 0 Å². The number of fused-ring (bicyclic) bond motifs is 1. The van der Waals surface area contributed by atoms with E-state index in [0.29, 0.717) is 11.8 Å². The minimum atomic E-state index is 0.512. The zero-order valence-electron chi connectivity index (χ0n) is 11.6. The van der Waals surface area contributed by atoms with Crippen LogP contribution in [0.2, 0.25) is 0 Å². The molecule has 0 aliphatic rings. The van der Waals surface area contributed by atoms with Crippen LogP contribution in [-0.2, 0) is 0 Å². The maximum Gasteiger partial charge on any atom is 0.108 e. The summed E-state index contributed by atoms with van der Waals surface area (Å²) in [6.07, 6.45) is 0. The summed E-state index contributed by atoms with van der Waals surface area (Å²) in [7, 11) is 0. The van der Waals surface area contributed by atoms with Gasteiger partial charge in [0.15, 0.2) is 0 Å². The molecule has 2 nitrogen and oxygen atoms in total. The fourth-order valence-electron chi connectivity index (χ4n) is 1.84. The van der Waals surface area contributed by atoms with Crippen LogP contribution in [0.15, 0.2) is 12.1 Å². The molecule has 0 spiro atoms. The number of hydrogen-bond donors (Lipinski definition) is 0. The van der Waals surface area contributed by atoms with Gasteiger partial charge in [0.1, 0.15) is 11.0 Å². The third kappa shape index (κ3) is 2.83. The Morgan fingerprint density at radius 1 is 0.824 bits per heavy atom. The Hall–Kier alpha value is -0.960. The summed E-state index contributed by atoms with van der Waals surface area (Å²) >= 11 is 1.32. The highest BCUT2D eigenvalue weighted by Gasteiger charge is 2.13. The van der Waals surface area contributed by atoms with Crippen molar-refractivity contribution in [1.29, 1.82) is 0 Å². The average Bonchev–Trinajstić information content (AvgIpc) is 2.78. The molecule has 0 fully saturated rings. The van der Waals surface area contributed by atoms with Crippen molar-refractivity contribution in [2.75, 3.05) is 0 Å². The number of hydrogen-bond acceptors (Lipinski definition) is 3. The molecule has 0 radical (unpaired) electrons. The summed E-state index contributed by atoms with van der Waals surface area (Å²) < 4.78 is 8.83. The van der Waals surface area contributed by atoms with Gasteiger partial charge in [-0.1, -0.05) is 53.7 Å². The molecule has 1 heterocycles. The lowest BCUT2D eigenvalue weighted by molar-refractivity contribution is 0.856. The summed E-state index contributed by atoms with van der Waals surface area (Å²) in [6, 6.07) is 4.40. The Morgan fingerprint density at radius 2 is 1.18 bits per heavy atom. The van der Waals surface area contributed by atoms with Crippen LogP contribution in [-0.4, -0.2) is 8.75 Å². The molecule has 1 aromatic heterocycles. The summed E-state index contributed by atoms with van der Waals surface area (Å²) in [5.74, 6) is 1.02. The third-order valence-corrected chi connectivity index (χ3v) is 3.25. The van der Waals surface area contributed by atoms with Crippen LogP contribution in [0.4, 0.5) is 0 Å². The van der Waals surface area contributed by atoms with Gasteiger partial charge < -0.3 is 0 Å². The summed E-state index contributed by atoms with van der Waals surface area (Å²) in [4.78, 5) is 0. The van der Waals surface area contributed by atoms with Crippen molar-refractivity contribution in [3.05, 3.63) is 23.3 Å². The van der Waals surface area contributed by atoms with E-state index in [4.69, 9.17) is 0 Å². The molecule has 0 bridgehead atoms. The smallest absolute Gasteiger partial charge is 0.108 e. The fraction of sp³-hybridized carbons (Fsp3) is 0.571. The van der Waals surface area contributed by atoms with E-state index < -0.39 is 0 Å². The van der Waals surface area contributed by atoms with Crippen LogP contribution in [0.3, 0.4) is 0 Å². The third-order valence-electron chi connectivity index (χ3n) is 2.72. The molecule has 0 saturated heterocycles. The van der Waals surface area contributed by atoms with E-state index in [0.717, 1.165) is 11.0 Å². The standard InChI is InChI=1S/C12H16N2S.C2H6/c1-7(2)9-5-6-10(8(3)4)12-11(9)13-15-14-12;1-2/h5-8H,1-4H3;1-2H3. The first kappa shape index (κ1) is 14.1. The number of aromatic nitrogens is 2. The second kappa shape index (κ2) is 6.10. The summed E-state index contributed by atoms with van der Waals surface area (Å²) in [5, 5.41) is 0. The Labute approximate surface area is 108 Å². The Balaban J connectivity index is 0.000000686. The van der Waals surface area contributed by atoms with E-state index >= 15 is 0 Å². The van der Waals surface area contributed by atoms with Gasteiger partial charge in [0.25, 0.3) is 0 Å². The van der Waals surface area contributed by atoms with Gasteiger partial charge in [0.2, 0.25) is 0 Å². The lowest BCUT2D eigenvalue weighted by Gasteiger charge is -2.10. The molecule has 2 aromatic rings. The van der Waals surface area contributed by atoms with E-state index in [1.807, 2.05) is 13.8 Å². The van der Waals surface area contributed by atoms with E-state index in [9.17, 15) is 0 Å². The predicted octanol–water partition coefficient (Wildman–Crippen LogP) is 4.96. The molecule has 0 N–H and O–H groups in total. The average molecular weight is 250 g/mol. The lowest BCUT2D eigenvalue weighted by Crippen LogP contribution is -1.94. The van der Waals surface area contributed by atoms with E-state index in [1.165, 1.54) is 22.9 Å². The van der Waals surface area contributed by atoms with Crippen molar-refractivity contribution in [3.63, 3.8) is 0 Å². The monoisotopic (exact) mass is 250 g/mol. The first-order valence-corrected chi connectivity index (χ1v) is 7.09. The van der Waals surface area contributed by atoms with Crippen molar-refractivity contribution in [1.82, 2.24) is 8.75 Å². The van der Waals surface area contributed by atoms with Gasteiger partial charge in [-0.15, -0.1) is 0 Å². The minimum Gasteiger partial charge on any atom is -0.173 e. The maximum atomic E-state index is 4.41. The predicted molar refractivity (Wildman–Crippen MR) is 76.9 cm³/mol. The number of rotatable bonds is 2. The lowest BCUT2D eigenvalue weighted by atomic mass is 9.95. The van der Waals surface area contributed by atoms with Crippen LogP contribution >= 0.6 is 11.7 Å². The zero-order valence-corrected chi connectivity index (χ0v) is 12.4. The normalized spacial score (nSPS) is 10.8. The second-order valence-electron chi connectivity index (χ2n) is 4.51. The van der Waals surface area contributed by atoms with Gasteiger partial charge in [0, 0.05) is 0 Å². The van der Waals surface area contributed by atoms with Crippen molar-refractivity contribution < 1.29 is 0 Å². The minimum absolute atomic E-state index is 0.512. The van der Waals surface area contributed by atoms with Gasteiger partial charge in [-0.25, -0.2) is 0 Å². The molecule has 0 unspecified atom stereocenters. The molecule has 0 atom stereocenters. The summed E-state index contributed by atoms with van der Waals surface area (Å²) in [5.41, 5.74) is 4.81. The quantitative estimate of drug-likeness (QED) is 0.752.